The Labute approximate surface area is 132 Å². The molecule has 0 radical (unpaired) electrons. The number of hydrogen-bond acceptors (Lipinski definition) is 4. The lowest BCUT2D eigenvalue weighted by Gasteiger charge is -2.33. The third-order valence-electron chi connectivity index (χ3n) is 4.36. The van der Waals surface area contributed by atoms with E-state index in [0.29, 0.717) is 5.82 Å². The van der Waals surface area contributed by atoms with Crippen molar-refractivity contribution >= 4 is 5.82 Å². The molecule has 2 aromatic rings. The van der Waals surface area contributed by atoms with Gasteiger partial charge in [-0.3, -0.25) is 4.90 Å². The molecular weight excluding hydrogens is 274 g/mol. The molecule has 2 N–H and O–H groups in total. The smallest absolute Gasteiger partial charge is 0.127 e. The van der Waals surface area contributed by atoms with Crippen LogP contribution >= 0.6 is 0 Å². The SMILES string of the molecule is CCN1CCN(Cc2cc(N)n(-c3ccc(C)cc3)n2)CC1. The molecule has 0 bridgehead atoms. The van der Waals surface area contributed by atoms with Gasteiger partial charge in [0.25, 0.3) is 0 Å². The number of rotatable bonds is 4. The largest absolute Gasteiger partial charge is 0.384 e. The zero-order chi connectivity index (χ0) is 15.5. The molecule has 0 aliphatic carbocycles. The van der Waals surface area contributed by atoms with E-state index in [4.69, 9.17) is 5.73 Å². The first kappa shape index (κ1) is 15.1. The molecule has 2 heterocycles. The average Bonchev–Trinajstić information content (AvgIpc) is 2.89. The minimum Gasteiger partial charge on any atom is -0.384 e. The number of nitrogen functional groups attached to an aromatic ring is 1. The van der Waals surface area contributed by atoms with Crippen molar-refractivity contribution in [1.29, 1.82) is 0 Å². The molecule has 1 aliphatic heterocycles. The van der Waals surface area contributed by atoms with Crippen LogP contribution in [-0.4, -0.2) is 52.3 Å². The summed E-state index contributed by atoms with van der Waals surface area (Å²) >= 11 is 0. The number of aryl methyl sites for hydroxylation is 1. The second kappa shape index (κ2) is 6.50. The number of aromatic nitrogens is 2. The monoisotopic (exact) mass is 299 g/mol. The molecule has 22 heavy (non-hydrogen) atoms. The molecule has 0 atom stereocenters. The molecule has 5 nitrogen and oxygen atoms in total. The lowest BCUT2D eigenvalue weighted by molar-refractivity contribution is 0.130. The molecule has 0 unspecified atom stereocenters. The zero-order valence-corrected chi connectivity index (χ0v) is 13.5. The Balaban J connectivity index is 1.69. The molecular formula is C17H25N5. The highest BCUT2D eigenvalue weighted by Crippen LogP contribution is 2.17. The molecule has 5 heteroatoms. The van der Waals surface area contributed by atoms with Gasteiger partial charge in [-0.1, -0.05) is 24.6 Å². The highest BCUT2D eigenvalue weighted by molar-refractivity contribution is 5.43. The van der Waals surface area contributed by atoms with Gasteiger partial charge in [0, 0.05) is 38.8 Å². The normalized spacial score (nSPS) is 17.0. The summed E-state index contributed by atoms with van der Waals surface area (Å²) in [6.07, 6.45) is 0. The van der Waals surface area contributed by atoms with Gasteiger partial charge in [-0.05, 0) is 25.6 Å². The Bertz CT molecular complexity index is 608. The molecule has 1 aliphatic rings. The lowest BCUT2D eigenvalue weighted by atomic mass is 10.2. The molecule has 0 amide bonds. The fourth-order valence-corrected chi connectivity index (χ4v) is 2.91. The first-order chi connectivity index (χ1) is 10.7. The van der Waals surface area contributed by atoms with Gasteiger partial charge in [0.2, 0.25) is 0 Å². The standard InChI is InChI=1S/C17H25N5/c1-3-20-8-10-21(11-9-20)13-15-12-17(18)22(19-15)16-6-4-14(2)5-7-16/h4-7,12H,3,8-11,13,18H2,1-2H3. The summed E-state index contributed by atoms with van der Waals surface area (Å²) in [5.74, 6) is 0.700. The highest BCUT2D eigenvalue weighted by Gasteiger charge is 2.17. The fourth-order valence-electron chi connectivity index (χ4n) is 2.91. The summed E-state index contributed by atoms with van der Waals surface area (Å²) in [6, 6.07) is 10.3. The third-order valence-corrected chi connectivity index (χ3v) is 4.36. The van der Waals surface area contributed by atoms with E-state index >= 15 is 0 Å². The Kier molecular flexibility index (Phi) is 4.45. The number of likely N-dealkylation sites (N-methyl/N-ethyl adjacent to an activating group) is 1. The number of piperazine rings is 1. The Morgan fingerprint density at radius 1 is 1.05 bits per heavy atom. The van der Waals surface area contributed by atoms with Crippen molar-refractivity contribution in [2.24, 2.45) is 0 Å². The van der Waals surface area contributed by atoms with Gasteiger partial charge in [0.05, 0.1) is 11.4 Å². The number of benzene rings is 1. The van der Waals surface area contributed by atoms with E-state index in [-0.39, 0.29) is 0 Å². The molecule has 1 fully saturated rings. The number of nitrogens with zero attached hydrogens (tertiary/aromatic N) is 4. The van der Waals surface area contributed by atoms with Crippen LogP contribution < -0.4 is 5.73 Å². The maximum atomic E-state index is 6.13. The van der Waals surface area contributed by atoms with Gasteiger partial charge in [-0.2, -0.15) is 5.10 Å². The van der Waals surface area contributed by atoms with Crippen LogP contribution in [0.15, 0.2) is 30.3 Å². The summed E-state index contributed by atoms with van der Waals surface area (Å²) in [4.78, 5) is 4.93. The van der Waals surface area contributed by atoms with E-state index in [0.717, 1.165) is 50.6 Å². The van der Waals surface area contributed by atoms with Crippen molar-refractivity contribution in [1.82, 2.24) is 19.6 Å². The zero-order valence-electron chi connectivity index (χ0n) is 13.5. The Morgan fingerprint density at radius 3 is 2.32 bits per heavy atom. The molecule has 0 spiro atoms. The molecule has 118 valence electrons. The van der Waals surface area contributed by atoms with E-state index in [9.17, 15) is 0 Å². The minimum atomic E-state index is 0.700. The Morgan fingerprint density at radius 2 is 1.68 bits per heavy atom. The van der Waals surface area contributed by atoms with Crippen LogP contribution in [0.2, 0.25) is 0 Å². The van der Waals surface area contributed by atoms with Crippen LogP contribution in [0.3, 0.4) is 0 Å². The summed E-state index contributed by atoms with van der Waals surface area (Å²) in [6.45, 7) is 10.8. The van der Waals surface area contributed by atoms with E-state index in [1.165, 1.54) is 5.56 Å². The third kappa shape index (κ3) is 3.31. The fraction of sp³-hybridized carbons (Fsp3) is 0.471. The topological polar surface area (TPSA) is 50.3 Å². The minimum absolute atomic E-state index is 0.700. The summed E-state index contributed by atoms with van der Waals surface area (Å²) in [7, 11) is 0. The quantitative estimate of drug-likeness (QED) is 0.937. The predicted octanol–water partition coefficient (Wildman–Crippen LogP) is 1.90. The first-order valence-corrected chi connectivity index (χ1v) is 8.02. The van der Waals surface area contributed by atoms with Crippen molar-refractivity contribution in [2.75, 3.05) is 38.5 Å². The van der Waals surface area contributed by atoms with Crippen molar-refractivity contribution in [2.45, 2.75) is 20.4 Å². The molecule has 1 aromatic carbocycles. The van der Waals surface area contributed by atoms with Gasteiger partial charge >= 0.3 is 0 Å². The highest BCUT2D eigenvalue weighted by atomic mass is 15.3. The van der Waals surface area contributed by atoms with E-state index in [1.54, 1.807) is 0 Å². The van der Waals surface area contributed by atoms with Gasteiger partial charge in [-0.15, -0.1) is 0 Å². The second-order valence-electron chi connectivity index (χ2n) is 6.02. The molecule has 1 saturated heterocycles. The van der Waals surface area contributed by atoms with Gasteiger partial charge in [-0.25, -0.2) is 4.68 Å². The summed E-state index contributed by atoms with van der Waals surface area (Å²) in [5.41, 5.74) is 9.44. The second-order valence-corrected chi connectivity index (χ2v) is 6.02. The predicted molar refractivity (Wildman–Crippen MR) is 90.1 cm³/mol. The van der Waals surface area contributed by atoms with E-state index in [1.807, 2.05) is 10.7 Å². The molecule has 3 rings (SSSR count). The maximum Gasteiger partial charge on any atom is 0.127 e. The van der Waals surface area contributed by atoms with Crippen molar-refractivity contribution in [3.05, 3.63) is 41.6 Å². The molecule has 1 aromatic heterocycles. The van der Waals surface area contributed by atoms with Gasteiger partial charge < -0.3 is 10.6 Å². The van der Waals surface area contributed by atoms with Gasteiger partial charge in [0.15, 0.2) is 0 Å². The van der Waals surface area contributed by atoms with Crippen molar-refractivity contribution in [3.8, 4) is 5.69 Å². The number of hydrogen-bond donors (Lipinski definition) is 1. The lowest BCUT2D eigenvalue weighted by Crippen LogP contribution is -2.45. The van der Waals surface area contributed by atoms with Crippen molar-refractivity contribution < 1.29 is 0 Å². The van der Waals surface area contributed by atoms with E-state index in [2.05, 4.69) is 53.0 Å². The average molecular weight is 299 g/mol. The van der Waals surface area contributed by atoms with Crippen LogP contribution in [0.5, 0.6) is 0 Å². The first-order valence-electron chi connectivity index (χ1n) is 8.02. The van der Waals surface area contributed by atoms with Crippen molar-refractivity contribution in [3.63, 3.8) is 0 Å². The van der Waals surface area contributed by atoms with Gasteiger partial charge in [0.1, 0.15) is 5.82 Å². The summed E-state index contributed by atoms with van der Waals surface area (Å²) in [5, 5.41) is 4.68. The maximum absolute atomic E-state index is 6.13. The number of nitrogens with two attached hydrogens (primary N) is 1. The molecule has 0 saturated carbocycles. The number of anilines is 1. The van der Waals surface area contributed by atoms with Crippen LogP contribution in [0.1, 0.15) is 18.2 Å². The van der Waals surface area contributed by atoms with E-state index < -0.39 is 0 Å². The van der Waals surface area contributed by atoms with Crippen LogP contribution in [0, 0.1) is 6.92 Å². The summed E-state index contributed by atoms with van der Waals surface area (Å²) < 4.78 is 1.83. The van der Waals surface area contributed by atoms with Crippen LogP contribution in [0.25, 0.3) is 5.69 Å². The van der Waals surface area contributed by atoms with Crippen LogP contribution in [-0.2, 0) is 6.54 Å². The Hall–Kier alpha value is -1.85. The van der Waals surface area contributed by atoms with Crippen LogP contribution in [0.4, 0.5) is 5.82 Å².